The Morgan fingerprint density at radius 2 is 1.50 bits per heavy atom. The molecule has 1 aliphatic heterocycles. The molecule has 1 aromatic carbocycles. The molecule has 1 aliphatic carbocycles. The van der Waals surface area contributed by atoms with Crippen molar-refractivity contribution in [3.05, 3.63) is 34.3 Å². The Morgan fingerprint density at radius 1 is 1.00 bits per heavy atom. The van der Waals surface area contributed by atoms with Crippen molar-refractivity contribution in [2.45, 2.75) is 60.3 Å². The van der Waals surface area contributed by atoms with Crippen molar-refractivity contribution in [3.8, 4) is 0 Å². The summed E-state index contributed by atoms with van der Waals surface area (Å²) in [4.78, 5) is 0. The zero-order chi connectivity index (χ0) is 14.3. The maximum atomic E-state index is 3.49. The largest absolute Gasteiger partial charge is 0.317 e. The molecule has 1 saturated heterocycles. The average molecular weight is 342 g/mol. The number of benzene rings is 1. The van der Waals surface area contributed by atoms with Gasteiger partial charge >= 0.3 is 0 Å². The van der Waals surface area contributed by atoms with Gasteiger partial charge in [-0.2, -0.15) is 0 Å². The highest BCUT2D eigenvalue weighted by molar-refractivity contribution is 9.10. The van der Waals surface area contributed by atoms with Crippen LogP contribution in [0.4, 0.5) is 0 Å². The fourth-order valence-electron chi connectivity index (χ4n) is 2.99. The fourth-order valence-corrected chi connectivity index (χ4v) is 3.26. The van der Waals surface area contributed by atoms with Crippen molar-refractivity contribution >= 4 is 15.9 Å². The molecule has 0 radical (unpaired) electrons. The van der Waals surface area contributed by atoms with Crippen LogP contribution in [0.2, 0.25) is 0 Å². The van der Waals surface area contributed by atoms with Crippen LogP contribution >= 0.6 is 15.9 Å². The Hall–Kier alpha value is -0.340. The molecule has 3 rings (SSSR count). The molecule has 1 heterocycles. The van der Waals surface area contributed by atoms with Gasteiger partial charge in [0.05, 0.1) is 0 Å². The monoisotopic (exact) mass is 341 g/mol. The second kappa shape index (κ2) is 9.57. The van der Waals surface area contributed by atoms with E-state index in [4.69, 9.17) is 0 Å². The quantitative estimate of drug-likeness (QED) is 0.660. The van der Waals surface area contributed by atoms with E-state index in [9.17, 15) is 0 Å². The number of hydrogen-bond acceptors (Lipinski definition) is 1. The molecule has 2 fully saturated rings. The van der Waals surface area contributed by atoms with Gasteiger partial charge in [-0.3, -0.25) is 0 Å². The Kier molecular flexibility index (Phi) is 9.41. The lowest BCUT2D eigenvalue weighted by molar-refractivity contribution is 0.342. The molecule has 0 aromatic heterocycles. The third kappa shape index (κ3) is 4.60. The molecule has 1 spiro atoms. The van der Waals surface area contributed by atoms with Gasteiger partial charge in [-0.15, -0.1) is 0 Å². The van der Waals surface area contributed by atoms with Crippen LogP contribution < -0.4 is 5.32 Å². The van der Waals surface area contributed by atoms with E-state index in [1.165, 1.54) is 36.8 Å². The highest BCUT2D eigenvalue weighted by atomic mass is 79.9. The summed E-state index contributed by atoms with van der Waals surface area (Å²) >= 11 is 3.49. The van der Waals surface area contributed by atoms with E-state index in [2.05, 4.69) is 45.5 Å². The molecule has 116 valence electrons. The standard InChI is InChI=1S/C13H16BrN.2C2H6.CH4/c14-11-3-1-10(2-4-11)12-9-13(12)5-7-15-8-6-13;2*1-2;/h1-4,12,15H,5-9H2;2*1-2H3;1H4. The highest BCUT2D eigenvalue weighted by Gasteiger charge is 2.54. The van der Waals surface area contributed by atoms with Crippen molar-refractivity contribution in [2.75, 3.05) is 13.1 Å². The minimum atomic E-state index is 0. The van der Waals surface area contributed by atoms with E-state index >= 15 is 0 Å². The third-order valence-electron chi connectivity index (χ3n) is 4.06. The van der Waals surface area contributed by atoms with Gasteiger partial charge in [-0.25, -0.2) is 0 Å². The molecule has 1 nitrogen and oxygen atoms in total. The molecule has 1 N–H and O–H groups in total. The van der Waals surface area contributed by atoms with Crippen LogP contribution in [-0.2, 0) is 0 Å². The van der Waals surface area contributed by atoms with Gasteiger partial charge in [0, 0.05) is 4.47 Å². The van der Waals surface area contributed by atoms with Crippen LogP contribution in [-0.4, -0.2) is 13.1 Å². The molecular weight excluding hydrogens is 310 g/mol. The fraction of sp³-hybridized carbons (Fsp3) is 0.667. The second-order valence-electron chi connectivity index (χ2n) is 4.92. The first-order valence-electron chi connectivity index (χ1n) is 7.76. The zero-order valence-corrected chi connectivity index (χ0v) is 14.4. The molecule has 1 atom stereocenters. The predicted molar refractivity (Wildman–Crippen MR) is 95.5 cm³/mol. The summed E-state index contributed by atoms with van der Waals surface area (Å²) in [7, 11) is 0. The molecule has 0 bridgehead atoms. The topological polar surface area (TPSA) is 12.0 Å². The summed E-state index contributed by atoms with van der Waals surface area (Å²) in [5.41, 5.74) is 2.21. The molecule has 20 heavy (non-hydrogen) atoms. The minimum Gasteiger partial charge on any atom is -0.317 e. The smallest absolute Gasteiger partial charge is 0.0175 e. The van der Waals surface area contributed by atoms with Crippen LogP contribution in [0, 0.1) is 5.41 Å². The molecule has 1 saturated carbocycles. The summed E-state index contributed by atoms with van der Waals surface area (Å²) in [6.07, 6.45) is 4.15. The Labute approximate surface area is 134 Å². The summed E-state index contributed by atoms with van der Waals surface area (Å²) < 4.78 is 1.19. The summed E-state index contributed by atoms with van der Waals surface area (Å²) in [5.74, 6) is 0.840. The van der Waals surface area contributed by atoms with Crippen LogP contribution in [0.25, 0.3) is 0 Å². The molecule has 0 amide bonds. The summed E-state index contributed by atoms with van der Waals surface area (Å²) in [6.45, 7) is 10.4. The molecule has 1 unspecified atom stereocenters. The number of halogens is 1. The van der Waals surface area contributed by atoms with Crippen LogP contribution in [0.1, 0.15) is 65.9 Å². The number of rotatable bonds is 1. The first-order valence-corrected chi connectivity index (χ1v) is 8.56. The first kappa shape index (κ1) is 19.7. The number of hydrogen-bond donors (Lipinski definition) is 1. The van der Waals surface area contributed by atoms with E-state index in [-0.39, 0.29) is 7.43 Å². The van der Waals surface area contributed by atoms with Gasteiger partial charge in [-0.05, 0) is 61.4 Å². The van der Waals surface area contributed by atoms with Gasteiger partial charge in [0.1, 0.15) is 0 Å². The number of nitrogens with one attached hydrogen (secondary N) is 1. The first-order chi connectivity index (χ1) is 9.30. The third-order valence-corrected chi connectivity index (χ3v) is 4.59. The Balaban J connectivity index is 0.000000667. The molecule has 2 aliphatic rings. The maximum Gasteiger partial charge on any atom is 0.0175 e. The number of piperidine rings is 1. The van der Waals surface area contributed by atoms with Gasteiger partial charge in [0.2, 0.25) is 0 Å². The van der Waals surface area contributed by atoms with Crippen molar-refractivity contribution < 1.29 is 0 Å². The normalized spacial score (nSPS) is 21.6. The average Bonchev–Trinajstić information content (AvgIpc) is 3.18. The SMILES string of the molecule is Brc1ccc(C2CC23CCNCC3)cc1.C.CC.CC. The summed E-state index contributed by atoms with van der Waals surface area (Å²) in [6, 6.07) is 8.90. The minimum absolute atomic E-state index is 0. The van der Waals surface area contributed by atoms with Gasteiger partial charge < -0.3 is 5.32 Å². The van der Waals surface area contributed by atoms with Gasteiger partial charge in [0.25, 0.3) is 0 Å². The Morgan fingerprint density at radius 3 is 2.00 bits per heavy atom. The van der Waals surface area contributed by atoms with E-state index in [0.717, 1.165) is 5.92 Å². The maximum absolute atomic E-state index is 3.49. The van der Waals surface area contributed by atoms with Crippen LogP contribution in [0.5, 0.6) is 0 Å². The van der Waals surface area contributed by atoms with E-state index in [0.29, 0.717) is 5.41 Å². The van der Waals surface area contributed by atoms with Crippen molar-refractivity contribution in [3.63, 3.8) is 0 Å². The van der Waals surface area contributed by atoms with Crippen molar-refractivity contribution in [2.24, 2.45) is 5.41 Å². The van der Waals surface area contributed by atoms with Crippen molar-refractivity contribution in [1.82, 2.24) is 5.32 Å². The molecule has 2 heteroatoms. The second-order valence-corrected chi connectivity index (χ2v) is 5.84. The molecular formula is C18H32BrN. The van der Waals surface area contributed by atoms with E-state index in [1.807, 2.05) is 27.7 Å². The van der Waals surface area contributed by atoms with Gasteiger partial charge in [-0.1, -0.05) is 63.2 Å². The zero-order valence-electron chi connectivity index (χ0n) is 12.8. The highest BCUT2D eigenvalue weighted by Crippen LogP contribution is 2.64. The Bertz CT molecular complexity index is 352. The van der Waals surface area contributed by atoms with Crippen LogP contribution in [0.3, 0.4) is 0 Å². The van der Waals surface area contributed by atoms with E-state index < -0.39 is 0 Å². The summed E-state index contributed by atoms with van der Waals surface area (Å²) in [5, 5.41) is 3.45. The lowest BCUT2D eigenvalue weighted by Gasteiger charge is -2.23. The lowest BCUT2D eigenvalue weighted by Crippen LogP contribution is -2.29. The molecule has 1 aromatic rings. The predicted octanol–water partition coefficient (Wildman–Crippen LogP) is 5.99. The van der Waals surface area contributed by atoms with Crippen molar-refractivity contribution in [1.29, 1.82) is 0 Å². The van der Waals surface area contributed by atoms with E-state index in [1.54, 1.807) is 5.56 Å². The lowest BCUT2D eigenvalue weighted by atomic mass is 9.90. The van der Waals surface area contributed by atoms with Crippen LogP contribution in [0.15, 0.2) is 28.7 Å². The van der Waals surface area contributed by atoms with Gasteiger partial charge in [0.15, 0.2) is 0 Å².